The van der Waals surface area contributed by atoms with E-state index in [1.807, 2.05) is 19.2 Å². The molecule has 0 aliphatic carbocycles. The third kappa shape index (κ3) is 4.03. The monoisotopic (exact) mass is 276 g/mol. The van der Waals surface area contributed by atoms with Gasteiger partial charge in [0.2, 0.25) is 0 Å². The van der Waals surface area contributed by atoms with Crippen LogP contribution in [0.4, 0.5) is 5.69 Å². The standard InChI is InChI=1S/C12H18Cl2N2O/c1-8(7-17-3)16(2)6-9-4-10(13)12(15)11(14)5-9/h4-5,8H,6-7,15H2,1-3H3. The van der Waals surface area contributed by atoms with Crippen LogP contribution < -0.4 is 5.73 Å². The molecule has 0 spiro atoms. The van der Waals surface area contributed by atoms with Crippen LogP contribution in [0, 0.1) is 0 Å². The van der Waals surface area contributed by atoms with Gasteiger partial charge in [0.05, 0.1) is 22.3 Å². The summed E-state index contributed by atoms with van der Waals surface area (Å²) in [7, 11) is 3.73. The number of halogens is 2. The molecule has 0 radical (unpaired) electrons. The fourth-order valence-corrected chi connectivity index (χ4v) is 2.07. The van der Waals surface area contributed by atoms with Crippen molar-refractivity contribution in [2.45, 2.75) is 19.5 Å². The summed E-state index contributed by atoms with van der Waals surface area (Å²) in [6.07, 6.45) is 0. The molecule has 1 rings (SSSR count). The number of hydrogen-bond donors (Lipinski definition) is 1. The van der Waals surface area contributed by atoms with E-state index in [0.717, 1.165) is 12.1 Å². The topological polar surface area (TPSA) is 38.5 Å². The van der Waals surface area contributed by atoms with Gasteiger partial charge in [0.1, 0.15) is 0 Å². The van der Waals surface area contributed by atoms with Crippen molar-refractivity contribution < 1.29 is 4.74 Å². The van der Waals surface area contributed by atoms with Gasteiger partial charge in [0, 0.05) is 19.7 Å². The summed E-state index contributed by atoms with van der Waals surface area (Å²) in [5.41, 5.74) is 7.17. The molecule has 1 unspecified atom stereocenters. The van der Waals surface area contributed by atoms with E-state index in [1.165, 1.54) is 0 Å². The van der Waals surface area contributed by atoms with Crippen molar-refractivity contribution >= 4 is 28.9 Å². The summed E-state index contributed by atoms with van der Waals surface area (Å²) in [5, 5.41) is 1.00. The fraction of sp³-hybridized carbons (Fsp3) is 0.500. The Balaban J connectivity index is 2.75. The van der Waals surface area contributed by atoms with E-state index in [-0.39, 0.29) is 0 Å². The maximum absolute atomic E-state index is 5.99. The van der Waals surface area contributed by atoms with Crippen LogP contribution in [0.1, 0.15) is 12.5 Å². The highest BCUT2D eigenvalue weighted by Crippen LogP contribution is 2.29. The van der Waals surface area contributed by atoms with Gasteiger partial charge in [0.15, 0.2) is 0 Å². The molecule has 0 heterocycles. The number of nitrogens with zero attached hydrogens (tertiary/aromatic N) is 1. The van der Waals surface area contributed by atoms with E-state index in [9.17, 15) is 0 Å². The van der Waals surface area contributed by atoms with Crippen molar-refractivity contribution in [3.8, 4) is 0 Å². The first-order valence-corrected chi connectivity index (χ1v) is 6.13. The molecule has 2 N–H and O–H groups in total. The highest BCUT2D eigenvalue weighted by Gasteiger charge is 2.11. The van der Waals surface area contributed by atoms with Crippen LogP contribution in [0.3, 0.4) is 0 Å². The SMILES string of the molecule is COCC(C)N(C)Cc1cc(Cl)c(N)c(Cl)c1. The van der Waals surface area contributed by atoms with E-state index < -0.39 is 0 Å². The maximum atomic E-state index is 5.99. The number of nitrogen functional groups attached to an aromatic ring is 1. The lowest BCUT2D eigenvalue weighted by atomic mass is 10.1. The number of likely N-dealkylation sites (N-methyl/N-ethyl adjacent to an activating group) is 1. The van der Waals surface area contributed by atoms with E-state index in [2.05, 4.69) is 11.8 Å². The van der Waals surface area contributed by atoms with E-state index in [1.54, 1.807) is 7.11 Å². The van der Waals surface area contributed by atoms with Crippen LogP contribution >= 0.6 is 23.2 Å². The number of rotatable bonds is 5. The number of methoxy groups -OCH3 is 1. The van der Waals surface area contributed by atoms with Crippen molar-refractivity contribution in [3.05, 3.63) is 27.7 Å². The minimum Gasteiger partial charge on any atom is -0.396 e. The molecule has 5 heteroatoms. The zero-order chi connectivity index (χ0) is 13.0. The first-order chi connectivity index (χ1) is 7.95. The Morgan fingerprint density at radius 1 is 1.35 bits per heavy atom. The van der Waals surface area contributed by atoms with Gasteiger partial charge in [-0.2, -0.15) is 0 Å². The van der Waals surface area contributed by atoms with Gasteiger partial charge >= 0.3 is 0 Å². The molecule has 0 aliphatic heterocycles. The van der Waals surface area contributed by atoms with Crippen LogP contribution in [0.25, 0.3) is 0 Å². The molecule has 0 saturated carbocycles. The largest absolute Gasteiger partial charge is 0.396 e. The third-order valence-corrected chi connectivity index (χ3v) is 3.36. The van der Waals surface area contributed by atoms with Crippen molar-refractivity contribution in [2.24, 2.45) is 0 Å². The lowest BCUT2D eigenvalue weighted by molar-refractivity contribution is 0.112. The Labute approximate surface area is 112 Å². The average molecular weight is 277 g/mol. The molecule has 1 atom stereocenters. The second-order valence-electron chi connectivity index (χ2n) is 4.19. The van der Waals surface area contributed by atoms with Gasteiger partial charge in [-0.1, -0.05) is 23.2 Å². The molecule has 0 saturated heterocycles. The highest BCUT2D eigenvalue weighted by atomic mass is 35.5. The molecule has 0 fully saturated rings. The molecule has 1 aromatic rings. The Hall–Kier alpha value is -0.480. The second kappa shape index (κ2) is 6.45. The number of hydrogen-bond acceptors (Lipinski definition) is 3. The minimum atomic E-state index is 0.329. The number of nitrogens with two attached hydrogens (primary N) is 1. The minimum absolute atomic E-state index is 0.329. The number of anilines is 1. The molecular weight excluding hydrogens is 259 g/mol. The van der Waals surface area contributed by atoms with Gasteiger partial charge in [-0.3, -0.25) is 4.90 Å². The molecule has 0 bridgehead atoms. The Morgan fingerprint density at radius 3 is 2.35 bits per heavy atom. The lowest BCUT2D eigenvalue weighted by Crippen LogP contribution is -2.32. The van der Waals surface area contributed by atoms with Crippen molar-refractivity contribution in [3.63, 3.8) is 0 Å². The van der Waals surface area contributed by atoms with Crippen LogP contribution in [0.2, 0.25) is 10.0 Å². The molecule has 0 aliphatic rings. The summed E-state index contributed by atoms with van der Waals surface area (Å²) in [5.74, 6) is 0. The Bertz CT molecular complexity index is 362. The van der Waals surface area contributed by atoms with Crippen molar-refractivity contribution in [1.82, 2.24) is 4.90 Å². The molecular formula is C12H18Cl2N2O. The maximum Gasteiger partial charge on any atom is 0.0693 e. The normalized spacial score (nSPS) is 13.1. The van der Waals surface area contributed by atoms with Gasteiger partial charge in [-0.25, -0.2) is 0 Å². The van der Waals surface area contributed by atoms with Crippen molar-refractivity contribution in [1.29, 1.82) is 0 Å². The summed E-state index contributed by atoms with van der Waals surface area (Å²) in [4.78, 5) is 2.17. The highest BCUT2D eigenvalue weighted by molar-refractivity contribution is 6.38. The fourth-order valence-electron chi connectivity index (χ4n) is 1.54. The van der Waals surface area contributed by atoms with E-state index in [0.29, 0.717) is 28.4 Å². The summed E-state index contributed by atoms with van der Waals surface area (Å²) >= 11 is 12.0. The molecule has 1 aromatic carbocycles. The quantitative estimate of drug-likeness (QED) is 0.841. The Kier molecular flexibility index (Phi) is 5.53. The molecule has 96 valence electrons. The second-order valence-corrected chi connectivity index (χ2v) is 5.01. The van der Waals surface area contributed by atoms with Crippen molar-refractivity contribution in [2.75, 3.05) is 26.5 Å². The van der Waals surface area contributed by atoms with Gasteiger partial charge < -0.3 is 10.5 Å². The van der Waals surface area contributed by atoms with Crippen LogP contribution in [-0.2, 0) is 11.3 Å². The number of benzene rings is 1. The van der Waals surface area contributed by atoms with E-state index >= 15 is 0 Å². The first kappa shape index (κ1) is 14.6. The third-order valence-electron chi connectivity index (χ3n) is 2.73. The summed E-state index contributed by atoms with van der Waals surface area (Å²) in [6, 6.07) is 4.02. The van der Waals surface area contributed by atoms with Crippen LogP contribution in [-0.4, -0.2) is 31.7 Å². The predicted octanol–water partition coefficient (Wildman–Crippen LogP) is 3.04. The predicted molar refractivity (Wildman–Crippen MR) is 73.7 cm³/mol. The number of ether oxygens (including phenoxy) is 1. The lowest BCUT2D eigenvalue weighted by Gasteiger charge is -2.24. The first-order valence-electron chi connectivity index (χ1n) is 5.38. The average Bonchev–Trinajstić information content (AvgIpc) is 2.26. The van der Waals surface area contributed by atoms with Crippen LogP contribution in [0.5, 0.6) is 0 Å². The van der Waals surface area contributed by atoms with Gasteiger partial charge in [0.25, 0.3) is 0 Å². The summed E-state index contributed by atoms with van der Waals surface area (Å²) < 4.78 is 5.12. The summed E-state index contributed by atoms with van der Waals surface area (Å²) in [6.45, 7) is 3.54. The molecule has 0 amide bonds. The smallest absolute Gasteiger partial charge is 0.0693 e. The zero-order valence-electron chi connectivity index (χ0n) is 10.3. The zero-order valence-corrected chi connectivity index (χ0v) is 11.8. The molecule has 17 heavy (non-hydrogen) atoms. The Morgan fingerprint density at radius 2 is 1.88 bits per heavy atom. The molecule has 3 nitrogen and oxygen atoms in total. The van der Waals surface area contributed by atoms with Gasteiger partial charge in [-0.05, 0) is 31.7 Å². The molecule has 0 aromatic heterocycles. The van der Waals surface area contributed by atoms with Gasteiger partial charge in [-0.15, -0.1) is 0 Å². The van der Waals surface area contributed by atoms with Crippen LogP contribution in [0.15, 0.2) is 12.1 Å². The van der Waals surface area contributed by atoms with E-state index in [4.69, 9.17) is 33.7 Å².